The standard InChI is InChI=1S/C7H6ClN3O2S/c8-5-2-1-4(11(12)13)3-6(5)10-7(9)14/h1-3H,(H3,9,10,14). The second kappa shape index (κ2) is 4.21. The van der Waals surface area contributed by atoms with Crippen LogP contribution in [0.3, 0.4) is 0 Å². The average molecular weight is 232 g/mol. The zero-order chi connectivity index (χ0) is 10.7. The lowest BCUT2D eigenvalue weighted by Crippen LogP contribution is -2.19. The molecule has 74 valence electrons. The third kappa shape index (κ3) is 2.54. The number of rotatable bonds is 2. The molecule has 7 heteroatoms. The zero-order valence-corrected chi connectivity index (χ0v) is 8.43. The van der Waals surface area contributed by atoms with Gasteiger partial charge >= 0.3 is 0 Å². The van der Waals surface area contributed by atoms with E-state index in [1.54, 1.807) is 0 Å². The number of benzene rings is 1. The molecule has 0 amide bonds. The van der Waals surface area contributed by atoms with Crippen molar-refractivity contribution in [2.45, 2.75) is 0 Å². The van der Waals surface area contributed by atoms with E-state index < -0.39 is 4.92 Å². The zero-order valence-electron chi connectivity index (χ0n) is 6.86. The Balaban J connectivity index is 3.08. The van der Waals surface area contributed by atoms with Crippen LogP contribution in [0.15, 0.2) is 18.2 Å². The summed E-state index contributed by atoms with van der Waals surface area (Å²) in [6.45, 7) is 0. The Kier molecular flexibility index (Phi) is 3.21. The molecule has 0 aliphatic heterocycles. The molecular weight excluding hydrogens is 226 g/mol. The Morgan fingerprint density at radius 1 is 1.64 bits per heavy atom. The summed E-state index contributed by atoms with van der Waals surface area (Å²) in [5, 5.41) is 13.3. The van der Waals surface area contributed by atoms with Crippen molar-refractivity contribution < 1.29 is 4.92 Å². The van der Waals surface area contributed by atoms with Crippen LogP contribution in [0.5, 0.6) is 0 Å². The minimum atomic E-state index is -0.527. The van der Waals surface area contributed by atoms with Crippen molar-refractivity contribution in [3.63, 3.8) is 0 Å². The molecule has 0 aliphatic rings. The number of nitrogens with one attached hydrogen (secondary N) is 1. The van der Waals surface area contributed by atoms with E-state index in [2.05, 4.69) is 17.5 Å². The molecule has 1 rings (SSSR count). The van der Waals surface area contributed by atoms with Crippen molar-refractivity contribution in [1.82, 2.24) is 0 Å². The molecule has 0 fully saturated rings. The fraction of sp³-hybridized carbons (Fsp3) is 0. The first-order chi connectivity index (χ1) is 6.50. The lowest BCUT2D eigenvalue weighted by atomic mass is 10.3. The number of thiocarbonyl (C=S) groups is 1. The van der Waals surface area contributed by atoms with Crippen LogP contribution in [0.1, 0.15) is 0 Å². The summed E-state index contributed by atoms with van der Waals surface area (Å²) in [5.74, 6) is 0. The van der Waals surface area contributed by atoms with Crippen LogP contribution in [0.4, 0.5) is 11.4 Å². The van der Waals surface area contributed by atoms with Crippen molar-refractivity contribution in [1.29, 1.82) is 0 Å². The van der Waals surface area contributed by atoms with Gasteiger partial charge in [-0.25, -0.2) is 0 Å². The van der Waals surface area contributed by atoms with Crippen molar-refractivity contribution in [2.75, 3.05) is 5.32 Å². The van der Waals surface area contributed by atoms with Gasteiger partial charge in [0.15, 0.2) is 5.11 Å². The van der Waals surface area contributed by atoms with E-state index in [1.165, 1.54) is 18.2 Å². The highest BCUT2D eigenvalue weighted by molar-refractivity contribution is 7.80. The molecule has 5 nitrogen and oxygen atoms in total. The topological polar surface area (TPSA) is 81.2 Å². The van der Waals surface area contributed by atoms with Gasteiger partial charge in [-0.1, -0.05) is 11.6 Å². The number of hydrogen-bond donors (Lipinski definition) is 2. The first-order valence-electron chi connectivity index (χ1n) is 3.51. The highest BCUT2D eigenvalue weighted by Gasteiger charge is 2.09. The van der Waals surface area contributed by atoms with Gasteiger partial charge in [0.2, 0.25) is 0 Å². The summed E-state index contributed by atoms with van der Waals surface area (Å²) >= 11 is 10.3. The molecule has 1 aromatic carbocycles. The van der Waals surface area contributed by atoms with Gasteiger partial charge in [-0.05, 0) is 18.3 Å². The van der Waals surface area contributed by atoms with E-state index >= 15 is 0 Å². The molecule has 0 atom stereocenters. The number of nitrogens with two attached hydrogens (primary N) is 1. The summed E-state index contributed by atoms with van der Waals surface area (Å²) in [6, 6.07) is 3.97. The monoisotopic (exact) mass is 231 g/mol. The molecular formula is C7H6ClN3O2S. The summed E-state index contributed by atoms with van der Waals surface area (Å²) in [4.78, 5) is 9.89. The number of nitrogens with zero attached hydrogens (tertiary/aromatic N) is 1. The molecule has 0 saturated heterocycles. The maximum absolute atomic E-state index is 10.4. The largest absolute Gasteiger partial charge is 0.376 e. The van der Waals surface area contributed by atoms with Crippen LogP contribution in [-0.2, 0) is 0 Å². The molecule has 0 bridgehead atoms. The van der Waals surface area contributed by atoms with E-state index in [4.69, 9.17) is 17.3 Å². The third-order valence-corrected chi connectivity index (χ3v) is 1.85. The molecule has 0 unspecified atom stereocenters. The summed E-state index contributed by atoms with van der Waals surface area (Å²) in [6.07, 6.45) is 0. The van der Waals surface area contributed by atoms with E-state index in [1.807, 2.05) is 0 Å². The molecule has 1 aromatic rings. The van der Waals surface area contributed by atoms with E-state index in [-0.39, 0.29) is 10.8 Å². The lowest BCUT2D eigenvalue weighted by molar-refractivity contribution is -0.384. The number of nitro groups is 1. The third-order valence-electron chi connectivity index (χ3n) is 1.42. The van der Waals surface area contributed by atoms with E-state index in [0.29, 0.717) is 10.7 Å². The first kappa shape index (κ1) is 10.7. The Hall–Kier alpha value is -1.40. The maximum Gasteiger partial charge on any atom is 0.271 e. The predicted molar refractivity (Wildman–Crippen MR) is 58.5 cm³/mol. The Morgan fingerprint density at radius 2 is 2.29 bits per heavy atom. The van der Waals surface area contributed by atoms with Crippen molar-refractivity contribution in [2.24, 2.45) is 5.73 Å². The van der Waals surface area contributed by atoms with Crippen LogP contribution in [-0.4, -0.2) is 10.0 Å². The second-order valence-corrected chi connectivity index (χ2v) is 3.26. The second-order valence-electron chi connectivity index (χ2n) is 2.41. The van der Waals surface area contributed by atoms with Gasteiger partial charge < -0.3 is 11.1 Å². The minimum absolute atomic E-state index is 0.00685. The van der Waals surface area contributed by atoms with Gasteiger partial charge in [-0.2, -0.15) is 0 Å². The fourth-order valence-electron chi connectivity index (χ4n) is 0.855. The highest BCUT2D eigenvalue weighted by Crippen LogP contribution is 2.26. The molecule has 3 N–H and O–H groups in total. The smallest absolute Gasteiger partial charge is 0.271 e. The maximum atomic E-state index is 10.4. The highest BCUT2D eigenvalue weighted by atomic mass is 35.5. The predicted octanol–water partition coefficient (Wildman–Crippen LogP) is 1.90. The van der Waals surface area contributed by atoms with Gasteiger partial charge in [0.05, 0.1) is 15.6 Å². The molecule has 0 aromatic heterocycles. The fourth-order valence-corrected chi connectivity index (χ4v) is 1.13. The van der Waals surface area contributed by atoms with Gasteiger partial charge in [0.1, 0.15) is 0 Å². The van der Waals surface area contributed by atoms with Gasteiger partial charge in [-0.3, -0.25) is 10.1 Å². The van der Waals surface area contributed by atoms with Crippen molar-refractivity contribution in [3.05, 3.63) is 33.3 Å². The van der Waals surface area contributed by atoms with Gasteiger partial charge in [0, 0.05) is 12.1 Å². The minimum Gasteiger partial charge on any atom is -0.376 e. The van der Waals surface area contributed by atoms with E-state index in [9.17, 15) is 10.1 Å². The van der Waals surface area contributed by atoms with Crippen LogP contribution < -0.4 is 11.1 Å². The molecule has 0 aliphatic carbocycles. The molecule has 0 spiro atoms. The number of non-ortho nitro benzene ring substituents is 1. The van der Waals surface area contributed by atoms with Gasteiger partial charge in [0.25, 0.3) is 5.69 Å². The number of nitro benzene ring substituents is 1. The number of hydrogen-bond acceptors (Lipinski definition) is 3. The first-order valence-corrected chi connectivity index (χ1v) is 4.29. The molecule has 14 heavy (non-hydrogen) atoms. The summed E-state index contributed by atoms with van der Waals surface area (Å²) < 4.78 is 0. The summed E-state index contributed by atoms with van der Waals surface area (Å²) in [5.41, 5.74) is 5.46. The van der Waals surface area contributed by atoms with Crippen LogP contribution in [0.25, 0.3) is 0 Å². The SMILES string of the molecule is NC(=S)Nc1cc([N+](=O)[O-])ccc1Cl. The van der Waals surface area contributed by atoms with Crippen molar-refractivity contribution in [3.8, 4) is 0 Å². The quantitative estimate of drug-likeness (QED) is 0.462. The summed E-state index contributed by atoms with van der Waals surface area (Å²) in [7, 11) is 0. The Morgan fingerprint density at radius 3 is 2.79 bits per heavy atom. The van der Waals surface area contributed by atoms with Crippen LogP contribution in [0.2, 0.25) is 5.02 Å². The van der Waals surface area contributed by atoms with Crippen LogP contribution >= 0.6 is 23.8 Å². The van der Waals surface area contributed by atoms with Gasteiger partial charge in [-0.15, -0.1) is 0 Å². The normalized spacial score (nSPS) is 9.50. The van der Waals surface area contributed by atoms with Crippen molar-refractivity contribution >= 4 is 40.3 Å². The molecule has 0 heterocycles. The number of halogens is 1. The lowest BCUT2D eigenvalue weighted by Gasteiger charge is -2.05. The van der Waals surface area contributed by atoms with E-state index in [0.717, 1.165) is 0 Å². The Labute approximate surface area is 90.0 Å². The average Bonchev–Trinajstić information content (AvgIpc) is 2.07. The number of anilines is 1. The Bertz CT molecular complexity index is 397. The van der Waals surface area contributed by atoms with Crippen LogP contribution in [0, 0.1) is 10.1 Å². The molecule has 0 saturated carbocycles. The molecule has 0 radical (unpaired) electrons.